The maximum absolute atomic E-state index is 11.7. The minimum atomic E-state index is -4.38. The molecule has 0 saturated heterocycles. The fraction of sp³-hybridized carbons (Fsp3) is 0.556. The van der Waals surface area contributed by atoms with Gasteiger partial charge >= 0.3 is 13.3 Å². The second kappa shape index (κ2) is 6.27. The number of aliphatic hydroxyl groups excluding tert-OH is 1. The molecule has 1 atom stereocenters. The second-order valence-electron chi connectivity index (χ2n) is 3.96. The molecule has 0 bridgehead atoms. The van der Waals surface area contributed by atoms with Crippen molar-refractivity contribution in [3.63, 3.8) is 0 Å². The zero-order chi connectivity index (χ0) is 14.6. The summed E-state index contributed by atoms with van der Waals surface area (Å²) in [6.45, 7) is 0.616. The van der Waals surface area contributed by atoms with E-state index in [2.05, 4.69) is 4.98 Å². The van der Waals surface area contributed by atoms with Crippen LogP contribution in [0.15, 0.2) is 15.8 Å². The van der Waals surface area contributed by atoms with E-state index in [-0.39, 0.29) is 6.54 Å². The Balaban J connectivity index is 2.88. The van der Waals surface area contributed by atoms with E-state index in [9.17, 15) is 14.2 Å². The average molecular weight is 294 g/mol. The molecule has 10 heteroatoms. The van der Waals surface area contributed by atoms with Crippen molar-refractivity contribution in [3.8, 4) is 0 Å². The Kier molecular flexibility index (Phi) is 5.21. The van der Waals surface area contributed by atoms with Gasteiger partial charge in [-0.05, 0) is 6.92 Å². The van der Waals surface area contributed by atoms with Gasteiger partial charge in [-0.25, -0.2) is 4.79 Å². The molecule has 0 aliphatic rings. The van der Waals surface area contributed by atoms with Crippen LogP contribution in [0.4, 0.5) is 0 Å². The van der Waals surface area contributed by atoms with Gasteiger partial charge in [-0.3, -0.25) is 13.9 Å². The van der Waals surface area contributed by atoms with Crippen molar-refractivity contribution in [2.24, 2.45) is 0 Å². The van der Waals surface area contributed by atoms with Crippen molar-refractivity contribution in [1.29, 1.82) is 0 Å². The lowest BCUT2D eigenvalue weighted by Gasteiger charge is -2.16. The fourth-order valence-electron chi connectivity index (χ4n) is 1.35. The van der Waals surface area contributed by atoms with Gasteiger partial charge in [0, 0.05) is 11.8 Å². The Morgan fingerprint density at radius 2 is 2.11 bits per heavy atom. The highest BCUT2D eigenvalue weighted by molar-refractivity contribution is 7.51. The van der Waals surface area contributed by atoms with Crippen LogP contribution in [-0.4, -0.2) is 43.5 Å². The average Bonchev–Trinajstić information content (AvgIpc) is 2.32. The number of hydrogen-bond donors (Lipinski definition) is 4. The molecule has 9 nitrogen and oxygen atoms in total. The van der Waals surface area contributed by atoms with E-state index in [0.717, 1.165) is 4.57 Å². The van der Waals surface area contributed by atoms with Crippen molar-refractivity contribution in [2.75, 3.05) is 13.0 Å². The fourth-order valence-corrected chi connectivity index (χ4v) is 1.75. The summed E-state index contributed by atoms with van der Waals surface area (Å²) in [6, 6.07) is 0. The predicted molar refractivity (Wildman–Crippen MR) is 64.9 cm³/mol. The highest BCUT2D eigenvalue weighted by atomic mass is 31.2. The molecule has 0 aliphatic heterocycles. The zero-order valence-corrected chi connectivity index (χ0v) is 11.0. The molecule has 1 aromatic rings. The van der Waals surface area contributed by atoms with Crippen LogP contribution in [-0.2, 0) is 15.8 Å². The maximum atomic E-state index is 11.7. The summed E-state index contributed by atoms with van der Waals surface area (Å²) in [6.07, 6.45) is -0.698. The zero-order valence-electron chi connectivity index (χ0n) is 10.1. The summed E-state index contributed by atoms with van der Waals surface area (Å²) in [5, 5.41) is 9.03. The van der Waals surface area contributed by atoms with Gasteiger partial charge in [-0.15, -0.1) is 0 Å². The minimum Gasteiger partial charge on any atom is -0.394 e. The van der Waals surface area contributed by atoms with Gasteiger partial charge in [-0.1, -0.05) is 0 Å². The van der Waals surface area contributed by atoms with Gasteiger partial charge in [0.05, 0.1) is 19.3 Å². The minimum absolute atomic E-state index is 0.297. The number of hydrogen-bond acceptors (Lipinski definition) is 5. The Morgan fingerprint density at radius 1 is 1.47 bits per heavy atom. The van der Waals surface area contributed by atoms with Crippen LogP contribution in [0.2, 0.25) is 0 Å². The number of aliphatic hydroxyl groups is 1. The van der Waals surface area contributed by atoms with Crippen LogP contribution in [0.3, 0.4) is 0 Å². The lowest BCUT2D eigenvalue weighted by atomic mass is 10.3. The van der Waals surface area contributed by atoms with Crippen LogP contribution in [0.1, 0.15) is 5.56 Å². The van der Waals surface area contributed by atoms with Crippen LogP contribution in [0, 0.1) is 6.92 Å². The second-order valence-corrected chi connectivity index (χ2v) is 5.55. The number of aryl methyl sites for hydroxylation is 1. The smallest absolute Gasteiger partial charge is 0.350 e. The van der Waals surface area contributed by atoms with E-state index in [1.807, 2.05) is 0 Å². The van der Waals surface area contributed by atoms with E-state index in [1.165, 1.54) is 13.1 Å². The van der Waals surface area contributed by atoms with Crippen molar-refractivity contribution < 1.29 is 24.2 Å². The molecular weight excluding hydrogens is 279 g/mol. The van der Waals surface area contributed by atoms with Crippen LogP contribution in [0.25, 0.3) is 0 Å². The summed E-state index contributed by atoms with van der Waals surface area (Å²) >= 11 is 0. The molecule has 0 aromatic carbocycles. The highest BCUT2D eigenvalue weighted by Crippen LogP contribution is 2.34. The van der Waals surface area contributed by atoms with E-state index in [0.29, 0.717) is 5.56 Å². The molecule has 1 rings (SSSR count). The topological polar surface area (TPSA) is 142 Å². The normalized spacial score (nSPS) is 13.5. The lowest BCUT2D eigenvalue weighted by Crippen LogP contribution is -2.40. The van der Waals surface area contributed by atoms with Crippen molar-refractivity contribution >= 4 is 7.60 Å². The monoisotopic (exact) mass is 294 g/mol. The molecule has 4 N–H and O–H groups in total. The largest absolute Gasteiger partial charge is 0.394 e. The number of aromatic amines is 1. The first-order chi connectivity index (χ1) is 8.74. The molecule has 0 radical (unpaired) electrons. The molecule has 0 spiro atoms. The van der Waals surface area contributed by atoms with Gasteiger partial charge < -0.3 is 24.6 Å². The molecular formula is C9H15N2O7P. The number of nitrogens with zero attached hydrogens (tertiary/aromatic N) is 1. The standard InChI is InChI=1S/C9H15N2O7P/c1-6-2-10-9(14)11(8(6)13)3-7(4-12)18-5-19(15,16)17/h2,7,12H,3-5H2,1H3,(H,10,14)(H2,15,16,17)/t7-/m1/s1. The van der Waals surface area contributed by atoms with Gasteiger partial charge in [-0.2, -0.15) is 0 Å². The maximum Gasteiger partial charge on any atom is 0.350 e. The molecule has 1 aromatic heterocycles. The Bertz CT molecular complexity index is 587. The van der Waals surface area contributed by atoms with Gasteiger partial charge in [0.2, 0.25) is 0 Å². The molecule has 108 valence electrons. The van der Waals surface area contributed by atoms with Crippen molar-refractivity contribution in [2.45, 2.75) is 19.6 Å². The molecule has 0 saturated carbocycles. The van der Waals surface area contributed by atoms with Gasteiger partial charge in [0.15, 0.2) is 0 Å². The molecule has 0 unspecified atom stereocenters. The molecule has 0 aliphatic carbocycles. The van der Waals surface area contributed by atoms with Crippen LogP contribution in [0.5, 0.6) is 0 Å². The number of aromatic nitrogens is 2. The SMILES string of the molecule is Cc1c[nH]c(=O)n(C[C@H](CO)OCP(=O)(O)O)c1=O. The third kappa shape index (κ3) is 4.73. The van der Waals surface area contributed by atoms with Crippen molar-refractivity contribution in [3.05, 3.63) is 32.6 Å². The van der Waals surface area contributed by atoms with Crippen LogP contribution >= 0.6 is 7.60 Å². The number of H-pyrrole nitrogens is 1. The number of nitrogens with one attached hydrogen (secondary N) is 1. The van der Waals surface area contributed by atoms with Crippen LogP contribution < -0.4 is 11.2 Å². The molecule has 0 fully saturated rings. The molecule has 0 amide bonds. The summed E-state index contributed by atoms with van der Waals surface area (Å²) in [7, 11) is -4.38. The summed E-state index contributed by atoms with van der Waals surface area (Å²) in [5.74, 6) is 0. The lowest BCUT2D eigenvalue weighted by molar-refractivity contribution is 0.0182. The third-order valence-corrected chi connectivity index (χ3v) is 2.79. The summed E-state index contributed by atoms with van der Waals surface area (Å²) in [5.41, 5.74) is -0.943. The van der Waals surface area contributed by atoms with Gasteiger partial charge in [0.25, 0.3) is 5.56 Å². The number of rotatable bonds is 6. The first-order valence-electron chi connectivity index (χ1n) is 5.30. The van der Waals surface area contributed by atoms with E-state index in [4.69, 9.17) is 19.6 Å². The Hall–Kier alpha value is -1.25. The van der Waals surface area contributed by atoms with E-state index < -0.39 is 37.9 Å². The molecule has 1 heterocycles. The van der Waals surface area contributed by atoms with Crippen molar-refractivity contribution in [1.82, 2.24) is 9.55 Å². The summed E-state index contributed by atoms with van der Waals surface area (Å²) < 4.78 is 16.2. The third-order valence-electron chi connectivity index (χ3n) is 2.31. The quantitative estimate of drug-likeness (QED) is 0.461. The highest BCUT2D eigenvalue weighted by Gasteiger charge is 2.19. The predicted octanol–water partition coefficient (Wildman–Crippen LogP) is -1.64. The first kappa shape index (κ1) is 15.8. The summed E-state index contributed by atoms with van der Waals surface area (Å²) in [4.78, 5) is 42.8. The van der Waals surface area contributed by atoms with E-state index >= 15 is 0 Å². The number of ether oxygens (including phenoxy) is 1. The van der Waals surface area contributed by atoms with E-state index in [1.54, 1.807) is 0 Å². The Morgan fingerprint density at radius 3 is 2.63 bits per heavy atom. The Labute approximate surface area is 107 Å². The molecule has 19 heavy (non-hydrogen) atoms. The first-order valence-corrected chi connectivity index (χ1v) is 7.10. The van der Waals surface area contributed by atoms with Gasteiger partial charge in [0.1, 0.15) is 6.35 Å².